The van der Waals surface area contributed by atoms with Crippen molar-refractivity contribution in [2.75, 3.05) is 26.2 Å². The Morgan fingerprint density at radius 1 is 0.281 bits per heavy atom. The smallest absolute Gasteiger partial charge is 0.344 e. The van der Waals surface area contributed by atoms with Crippen LogP contribution in [0.1, 0.15) is 132 Å². The molecule has 12 rings (SSSR count). The van der Waals surface area contributed by atoms with Crippen molar-refractivity contribution >= 4 is 58.9 Å². The number of hydrogen-bond donors (Lipinski definition) is 8. The van der Waals surface area contributed by atoms with Gasteiger partial charge in [0.05, 0.1) is 78.7 Å². The zero-order valence-corrected chi connectivity index (χ0v) is 64.2. The standard InChI is InChI=1S/C24H18F3N3O2.C23H18F4N2O2.C23H19F3N2O2.C22H18ClFN2O2/c25-24(26,27)20-8-4-7-19(13-20)22(17-5-2-1-3-6-17)30-21(31)15-29-23(32)18-11-9-16(14-28)10-12-18;24-19-11-9-16(10-12-19)22(31)28-14-20(30)29-21(15-5-2-1-3-6-15)17-7-4-8-18(13-17)23(25,26)27;24-23(25,26)19-13-7-12-18(14-19)21(16-8-3-1-4-9-16)28-20(29)15-27-22(30)17-10-5-2-6-11-17;23-18-10-6-16(7-11-18)21(15-4-2-1-3-5-15)26-20(27)14-25-22(28)17-8-12-19(24)13-9-17/h1-13,22H,15H2,(H,29,32)(H,30,31);1-13,21H,14H2,(H,28,31)(H,29,30);1-14,21H,15H2,(H,27,30)(H,28,29);1-13,21H,14H2,(H,25,28)(H,26,27). The van der Waals surface area contributed by atoms with Crippen molar-refractivity contribution in [2.45, 2.75) is 42.7 Å². The van der Waals surface area contributed by atoms with Crippen molar-refractivity contribution in [2.24, 2.45) is 0 Å². The van der Waals surface area contributed by atoms with Gasteiger partial charge >= 0.3 is 18.5 Å². The maximum Gasteiger partial charge on any atom is 0.416 e. The minimum Gasteiger partial charge on any atom is -0.344 e. The summed E-state index contributed by atoms with van der Waals surface area (Å²) >= 11 is 5.96. The second-order valence-corrected chi connectivity index (χ2v) is 26.8. The molecule has 0 radical (unpaired) electrons. The summed E-state index contributed by atoms with van der Waals surface area (Å²) < 4.78 is 144. The minimum absolute atomic E-state index is 0.173. The molecule has 618 valence electrons. The lowest BCUT2D eigenvalue weighted by Crippen LogP contribution is -2.39. The predicted molar refractivity (Wildman–Crippen MR) is 431 cm³/mol. The molecule has 8 amide bonds. The van der Waals surface area contributed by atoms with Crippen molar-refractivity contribution in [3.63, 3.8) is 0 Å². The number of nitriles is 1. The number of benzene rings is 12. The highest BCUT2D eigenvalue weighted by Crippen LogP contribution is 2.36. The number of halogens is 12. The number of hydrogen-bond acceptors (Lipinski definition) is 9. The van der Waals surface area contributed by atoms with Crippen LogP contribution in [0.3, 0.4) is 0 Å². The zero-order valence-electron chi connectivity index (χ0n) is 63.5. The lowest BCUT2D eigenvalue weighted by molar-refractivity contribution is -0.138. The summed E-state index contributed by atoms with van der Waals surface area (Å²) in [6.45, 7) is -1.29. The van der Waals surface area contributed by atoms with Crippen LogP contribution in [-0.2, 0) is 37.7 Å². The normalized spacial score (nSPS) is 11.9. The third kappa shape index (κ3) is 28.3. The van der Waals surface area contributed by atoms with Gasteiger partial charge in [0.15, 0.2) is 0 Å². The molecule has 4 atom stereocenters. The first-order valence-corrected chi connectivity index (χ1v) is 37.1. The monoisotopic (exact) mass is 1680 g/mol. The van der Waals surface area contributed by atoms with Gasteiger partial charge < -0.3 is 42.5 Å². The molecule has 0 bridgehead atoms. The number of alkyl halides is 9. The molecular weight excluding hydrogens is 1600 g/mol. The lowest BCUT2D eigenvalue weighted by atomic mass is 9.97. The van der Waals surface area contributed by atoms with Gasteiger partial charge in [0.25, 0.3) is 23.6 Å². The molecule has 4 unspecified atom stereocenters. The molecule has 0 spiro atoms. The van der Waals surface area contributed by atoms with E-state index < -0.39 is 113 Å². The number of rotatable bonds is 24. The van der Waals surface area contributed by atoms with Crippen LogP contribution in [0.2, 0.25) is 5.02 Å². The first kappa shape index (κ1) is 90.3. The van der Waals surface area contributed by atoms with Crippen LogP contribution in [0.15, 0.2) is 322 Å². The molecule has 12 aromatic carbocycles. The van der Waals surface area contributed by atoms with E-state index in [0.29, 0.717) is 38.4 Å². The summed E-state index contributed by atoms with van der Waals surface area (Å²) in [7, 11) is 0. The van der Waals surface area contributed by atoms with Crippen LogP contribution in [0.4, 0.5) is 48.3 Å². The number of carbonyl (C=O) groups excluding carboxylic acids is 8. The van der Waals surface area contributed by atoms with E-state index in [2.05, 4.69) is 42.5 Å². The maximum absolute atomic E-state index is 13.2. The number of nitrogens with one attached hydrogen (secondary N) is 8. The molecular formula is C92H73ClF11N9O8. The van der Waals surface area contributed by atoms with Gasteiger partial charge in [0, 0.05) is 27.3 Å². The van der Waals surface area contributed by atoms with Gasteiger partial charge in [-0.3, -0.25) is 38.4 Å². The molecule has 0 aliphatic heterocycles. The number of amides is 8. The minimum atomic E-state index is -4.52. The van der Waals surface area contributed by atoms with Crippen LogP contribution < -0.4 is 42.5 Å². The van der Waals surface area contributed by atoms with Crippen molar-refractivity contribution < 1.29 is 86.7 Å². The fourth-order valence-electron chi connectivity index (χ4n) is 11.7. The quantitative estimate of drug-likeness (QED) is 0.0267. The lowest BCUT2D eigenvalue weighted by Gasteiger charge is -2.21. The topological polar surface area (TPSA) is 257 Å². The first-order valence-electron chi connectivity index (χ1n) is 36.7. The summed E-state index contributed by atoms with van der Waals surface area (Å²) in [5.74, 6) is -4.92. The van der Waals surface area contributed by atoms with Crippen LogP contribution in [-0.4, -0.2) is 73.4 Å². The van der Waals surface area contributed by atoms with Crippen molar-refractivity contribution in [1.29, 1.82) is 5.26 Å². The molecule has 29 heteroatoms. The van der Waals surface area contributed by atoms with Crippen LogP contribution in [0.25, 0.3) is 0 Å². The fourth-order valence-corrected chi connectivity index (χ4v) is 11.9. The van der Waals surface area contributed by atoms with E-state index in [0.717, 1.165) is 59.7 Å². The Morgan fingerprint density at radius 3 is 0.760 bits per heavy atom. The molecule has 12 aromatic rings. The zero-order chi connectivity index (χ0) is 87.1. The Hall–Kier alpha value is -14.6. The van der Waals surface area contributed by atoms with E-state index in [4.69, 9.17) is 16.9 Å². The van der Waals surface area contributed by atoms with Gasteiger partial charge in [0.1, 0.15) is 11.6 Å². The molecule has 0 aliphatic rings. The summed E-state index contributed by atoms with van der Waals surface area (Å²) in [5.41, 5.74) is 3.46. The SMILES string of the molecule is N#Cc1ccc(C(=O)NCC(=O)NC(c2ccccc2)c2cccc(C(F)(F)F)c2)cc1.O=C(CNC(=O)c1ccc(F)cc1)NC(c1ccccc1)c1ccc(Cl)cc1.O=C(CNC(=O)c1ccc(F)cc1)NC(c1ccccc1)c1cccc(C(F)(F)F)c1.O=C(CNC(=O)c1ccccc1)NC(c1ccccc1)c1cccc(C(F)(F)F)c1. The van der Waals surface area contributed by atoms with Gasteiger partial charge in [-0.15, -0.1) is 0 Å². The van der Waals surface area contributed by atoms with Gasteiger partial charge in [-0.05, 0) is 178 Å². The van der Waals surface area contributed by atoms with Crippen molar-refractivity contribution in [3.05, 3.63) is 427 Å². The van der Waals surface area contributed by atoms with E-state index in [9.17, 15) is 86.7 Å². The average Bonchev–Trinajstić information content (AvgIpc) is 0.824. The highest BCUT2D eigenvalue weighted by molar-refractivity contribution is 6.30. The second-order valence-electron chi connectivity index (χ2n) is 26.4. The Labute approximate surface area is 692 Å². The molecule has 0 fully saturated rings. The highest BCUT2D eigenvalue weighted by Gasteiger charge is 2.34. The van der Waals surface area contributed by atoms with E-state index in [1.54, 1.807) is 133 Å². The second kappa shape index (κ2) is 43.6. The van der Waals surface area contributed by atoms with Crippen LogP contribution in [0, 0.1) is 23.0 Å². The Morgan fingerprint density at radius 2 is 0.504 bits per heavy atom. The van der Waals surface area contributed by atoms with Gasteiger partial charge in [-0.2, -0.15) is 44.8 Å². The largest absolute Gasteiger partial charge is 0.416 e. The third-order valence-electron chi connectivity index (χ3n) is 17.8. The summed E-state index contributed by atoms with van der Waals surface area (Å²) in [4.78, 5) is 98.4. The fraction of sp³-hybridized carbons (Fsp3) is 0.120. The molecule has 121 heavy (non-hydrogen) atoms. The van der Waals surface area contributed by atoms with E-state index >= 15 is 0 Å². The molecule has 0 heterocycles. The van der Waals surface area contributed by atoms with Crippen LogP contribution >= 0.6 is 11.6 Å². The maximum atomic E-state index is 13.2. The van der Waals surface area contributed by atoms with Crippen molar-refractivity contribution in [1.82, 2.24) is 42.5 Å². The molecule has 8 N–H and O–H groups in total. The van der Waals surface area contributed by atoms with Gasteiger partial charge in [0.2, 0.25) is 23.6 Å². The van der Waals surface area contributed by atoms with E-state index in [1.165, 1.54) is 97.1 Å². The average molecular weight is 1680 g/mol. The summed E-state index contributed by atoms with van der Waals surface area (Å²) in [6.07, 6.45) is -13.5. The predicted octanol–water partition coefficient (Wildman–Crippen LogP) is 17.1. The Balaban J connectivity index is 0.000000184. The molecule has 17 nitrogen and oxygen atoms in total. The van der Waals surface area contributed by atoms with Crippen molar-refractivity contribution in [3.8, 4) is 6.07 Å². The van der Waals surface area contributed by atoms with Gasteiger partial charge in [-0.25, -0.2) is 8.78 Å². The van der Waals surface area contributed by atoms with E-state index in [1.807, 2.05) is 48.5 Å². The van der Waals surface area contributed by atoms with E-state index in [-0.39, 0.29) is 59.4 Å². The van der Waals surface area contributed by atoms with Gasteiger partial charge in [-0.1, -0.05) is 200 Å². The first-order chi connectivity index (χ1) is 57.9. The molecule has 0 saturated carbocycles. The number of nitrogens with zero attached hydrogens (tertiary/aromatic N) is 1. The Kier molecular flexibility index (Phi) is 32.5. The molecule has 0 aromatic heterocycles. The summed E-state index contributed by atoms with van der Waals surface area (Å²) in [5, 5.41) is 30.3. The highest BCUT2D eigenvalue weighted by atomic mass is 35.5. The number of carbonyl (C=O) groups is 8. The van der Waals surface area contributed by atoms with Crippen LogP contribution in [0.5, 0.6) is 0 Å². The molecule has 0 saturated heterocycles. The third-order valence-corrected chi connectivity index (χ3v) is 18.0. The Bertz CT molecular complexity index is 5510. The summed E-state index contributed by atoms with van der Waals surface area (Å²) in [6, 6.07) is 80.0. The molecule has 0 aliphatic carbocycles.